The van der Waals surface area contributed by atoms with E-state index in [1.54, 1.807) is 4.90 Å². The summed E-state index contributed by atoms with van der Waals surface area (Å²) in [5.41, 5.74) is 2.91. The molecule has 3 aromatic carbocycles. The van der Waals surface area contributed by atoms with Gasteiger partial charge in [0.15, 0.2) is 6.61 Å². The van der Waals surface area contributed by atoms with E-state index in [9.17, 15) is 9.59 Å². The summed E-state index contributed by atoms with van der Waals surface area (Å²) < 4.78 is 6.15. The summed E-state index contributed by atoms with van der Waals surface area (Å²) >= 11 is 0. The molecule has 4 rings (SSSR count). The number of carbonyl (C=O) groups excluding carboxylic acids is 2. The van der Waals surface area contributed by atoms with Crippen LogP contribution in [0, 0.1) is 0 Å². The first-order valence-electron chi connectivity index (χ1n) is 14.2. The summed E-state index contributed by atoms with van der Waals surface area (Å²) in [6, 6.07) is 27.2. The third kappa shape index (κ3) is 8.19. The Bertz CT molecular complexity index is 1200. The van der Waals surface area contributed by atoms with E-state index in [-0.39, 0.29) is 29.9 Å². The summed E-state index contributed by atoms with van der Waals surface area (Å²) in [5.74, 6) is 0.400. The molecule has 3 aromatic rings. The van der Waals surface area contributed by atoms with E-state index in [2.05, 4.69) is 26.1 Å². The van der Waals surface area contributed by atoms with Crippen LogP contribution in [-0.4, -0.2) is 35.4 Å². The fraction of sp³-hybridized carbons (Fsp3) is 0.412. The van der Waals surface area contributed by atoms with E-state index in [1.165, 1.54) is 6.42 Å². The highest BCUT2D eigenvalue weighted by Gasteiger charge is 2.32. The highest BCUT2D eigenvalue weighted by molar-refractivity contribution is 5.88. The van der Waals surface area contributed by atoms with Gasteiger partial charge in [0.05, 0.1) is 0 Å². The minimum absolute atomic E-state index is 0.0925. The molecule has 1 aliphatic carbocycles. The Balaban J connectivity index is 1.61. The molecule has 0 unspecified atom stereocenters. The molecule has 0 saturated heterocycles. The second-order valence-corrected chi connectivity index (χ2v) is 11.6. The summed E-state index contributed by atoms with van der Waals surface area (Å²) in [4.78, 5) is 29.5. The molecular formula is C34H42N2O3. The lowest BCUT2D eigenvalue weighted by molar-refractivity contribution is -0.143. The molecule has 1 aliphatic rings. The standard InChI is InChI=1S/C34H42N2O3/c1-34(2,3)29-21-13-14-22-31(29)39-25-32(37)36(24-27-17-9-5-10-18-27)30(23-26-15-7-4-8-16-26)33(38)35-28-19-11-6-12-20-28/h4-5,7-10,13-18,21-22,28,30H,6,11-12,19-20,23-25H2,1-3H3,(H,35,38)/t30-/m1/s1. The van der Waals surface area contributed by atoms with Crippen LogP contribution in [0.25, 0.3) is 0 Å². The zero-order valence-electron chi connectivity index (χ0n) is 23.6. The molecule has 5 nitrogen and oxygen atoms in total. The summed E-state index contributed by atoms with van der Waals surface area (Å²) in [7, 11) is 0. The first-order chi connectivity index (χ1) is 18.8. The maximum absolute atomic E-state index is 13.9. The molecule has 1 fully saturated rings. The molecule has 0 spiro atoms. The van der Waals surface area contributed by atoms with Gasteiger partial charge in [0.1, 0.15) is 11.8 Å². The predicted octanol–water partition coefficient (Wildman–Crippen LogP) is 6.45. The number of para-hydroxylation sites is 1. The van der Waals surface area contributed by atoms with Gasteiger partial charge in [-0.1, -0.05) is 119 Å². The van der Waals surface area contributed by atoms with Crippen molar-refractivity contribution in [2.75, 3.05) is 6.61 Å². The molecule has 5 heteroatoms. The van der Waals surface area contributed by atoms with Gasteiger partial charge in [0.2, 0.25) is 5.91 Å². The van der Waals surface area contributed by atoms with Crippen molar-refractivity contribution >= 4 is 11.8 Å². The summed E-state index contributed by atoms with van der Waals surface area (Å²) in [6.07, 6.45) is 5.89. The first-order valence-corrected chi connectivity index (χ1v) is 14.2. The molecule has 1 N–H and O–H groups in total. The van der Waals surface area contributed by atoms with E-state index in [4.69, 9.17) is 4.74 Å². The molecular weight excluding hydrogens is 484 g/mol. The van der Waals surface area contributed by atoms with Gasteiger partial charge in [-0.25, -0.2) is 0 Å². The SMILES string of the molecule is CC(C)(C)c1ccccc1OCC(=O)N(Cc1ccccc1)[C@H](Cc1ccccc1)C(=O)NC1CCCCC1. The Labute approximate surface area is 233 Å². The number of amides is 2. The second-order valence-electron chi connectivity index (χ2n) is 11.6. The third-order valence-electron chi connectivity index (χ3n) is 7.46. The highest BCUT2D eigenvalue weighted by atomic mass is 16.5. The van der Waals surface area contributed by atoms with Gasteiger partial charge in [-0.2, -0.15) is 0 Å². The van der Waals surface area contributed by atoms with Crippen LogP contribution in [0.15, 0.2) is 84.9 Å². The van der Waals surface area contributed by atoms with Crippen LogP contribution >= 0.6 is 0 Å². The maximum atomic E-state index is 13.9. The highest BCUT2D eigenvalue weighted by Crippen LogP contribution is 2.31. The zero-order chi connectivity index (χ0) is 27.7. The van der Waals surface area contributed by atoms with Crippen molar-refractivity contribution in [3.05, 3.63) is 102 Å². The molecule has 206 valence electrons. The Kier molecular flexibility index (Phi) is 9.80. The molecule has 0 aliphatic heterocycles. The van der Waals surface area contributed by atoms with Crippen molar-refractivity contribution in [3.63, 3.8) is 0 Å². The monoisotopic (exact) mass is 526 g/mol. The molecule has 1 atom stereocenters. The molecule has 1 saturated carbocycles. The van der Waals surface area contributed by atoms with Crippen molar-refractivity contribution in [2.24, 2.45) is 0 Å². The van der Waals surface area contributed by atoms with Crippen LogP contribution in [-0.2, 0) is 28.0 Å². The zero-order valence-corrected chi connectivity index (χ0v) is 23.6. The second kappa shape index (κ2) is 13.5. The third-order valence-corrected chi connectivity index (χ3v) is 7.46. The average molecular weight is 527 g/mol. The van der Waals surface area contributed by atoms with Crippen molar-refractivity contribution in [1.82, 2.24) is 10.2 Å². The summed E-state index contributed by atoms with van der Waals surface area (Å²) in [5, 5.41) is 3.29. The minimum atomic E-state index is -0.650. The smallest absolute Gasteiger partial charge is 0.261 e. The number of hydrogen-bond acceptors (Lipinski definition) is 3. The van der Waals surface area contributed by atoms with Crippen LogP contribution in [0.2, 0.25) is 0 Å². The number of nitrogens with one attached hydrogen (secondary N) is 1. The number of ether oxygens (including phenoxy) is 1. The quantitative estimate of drug-likeness (QED) is 0.330. The van der Waals surface area contributed by atoms with Crippen LogP contribution < -0.4 is 10.1 Å². The average Bonchev–Trinajstić information content (AvgIpc) is 2.95. The van der Waals surface area contributed by atoms with Crippen LogP contribution in [0.1, 0.15) is 69.6 Å². The minimum Gasteiger partial charge on any atom is -0.483 e. The van der Waals surface area contributed by atoms with Crippen molar-refractivity contribution in [1.29, 1.82) is 0 Å². The Morgan fingerprint density at radius 1 is 0.846 bits per heavy atom. The van der Waals surface area contributed by atoms with E-state index >= 15 is 0 Å². The number of hydrogen-bond donors (Lipinski definition) is 1. The number of nitrogens with zero attached hydrogens (tertiary/aromatic N) is 1. The summed E-state index contributed by atoms with van der Waals surface area (Å²) in [6.45, 7) is 6.58. The fourth-order valence-electron chi connectivity index (χ4n) is 5.31. The van der Waals surface area contributed by atoms with Gasteiger partial charge in [-0.05, 0) is 41.0 Å². The molecule has 39 heavy (non-hydrogen) atoms. The Morgan fingerprint density at radius 3 is 2.08 bits per heavy atom. The topological polar surface area (TPSA) is 58.6 Å². The van der Waals surface area contributed by atoms with E-state index in [1.807, 2.05) is 84.9 Å². The lowest BCUT2D eigenvalue weighted by atomic mass is 9.86. The molecule has 0 bridgehead atoms. The Morgan fingerprint density at radius 2 is 1.44 bits per heavy atom. The number of carbonyl (C=O) groups is 2. The molecule has 0 aromatic heterocycles. The largest absolute Gasteiger partial charge is 0.483 e. The van der Waals surface area contributed by atoms with E-state index in [0.29, 0.717) is 18.7 Å². The molecule has 0 heterocycles. The van der Waals surface area contributed by atoms with Crippen LogP contribution in [0.3, 0.4) is 0 Å². The Hall–Kier alpha value is -3.60. The molecule has 0 radical (unpaired) electrons. The number of benzene rings is 3. The number of rotatable bonds is 10. The van der Waals surface area contributed by atoms with Gasteiger partial charge < -0.3 is 15.0 Å². The van der Waals surface area contributed by atoms with Gasteiger partial charge in [0, 0.05) is 19.0 Å². The van der Waals surface area contributed by atoms with Crippen molar-refractivity contribution < 1.29 is 14.3 Å². The molecule has 2 amide bonds. The predicted molar refractivity (Wildman–Crippen MR) is 157 cm³/mol. The van der Waals surface area contributed by atoms with E-state index in [0.717, 1.165) is 42.4 Å². The van der Waals surface area contributed by atoms with Crippen LogP contribution in [0.4, 0.5) is 0 Å². The normalized spacial score (nSPS) is 14.8. The lowest BCUT2D eigenvalue weighted by Gasteiger charge is -2.33. The first kappa shape index (κ1) is 28.4. The maximum Gasteiger partial charge on any atom is 0.261 e. The fourth-order valence-corrected chi connectivity index (χ4v) is 5.31. The lowest BCUT2D eigenvalue weighted by Crippen LogP contribution is -2.53. The van der Waals surface area contributed by atoms with E-state index < -0.39 is 6.04 Å². The van der Waals surface area contributed by atoms with Gasteiger partial charge in [-0.15, -0.1) is 0 Å². The van der Waals surface area contributed by atoms with Crippen molar-refractivity contribution in [2.45, 2.75) is 83.3 Å². The van der Waals surface area contributed by atoms with Gasteiger partial charge >= 0.3 is 0 Å². The van der Waals surface area contributed by atoms with Crippen molar-refractivity contribution in [3.8, 4) is 5.75 Å². The van der Waals surface area contributed by atoms with Gasteiger partial charge in [0.25, 0.3) is 5.91 Å². The van der Waals surface area contributed by atoms with Gasteiger partial charge in [-0.3, -0.25) is 9.59 Å². The van der Waals surface area contributed by atoms with Crippen LogP contribution in [0.5, 0.6) is 5.75 Å².